The number of anilines is 1. The Morgan fingerprint density at radius 1 is 1.07 bits per heavy atom. The Hall–Kier alpha value is -4.67. The Balaban J connectivity index is 1.17. The van der Waals surface area contributed by atoms with Crippen LogP contribution in [0.1, 0.15) is 46.7 Å². The molecule has 4 aromatic rings. The van der Waals surface area contributed by atoms with Crippen LogP contribution in [0.3, 0.4) is 0 Å². The Labute approximate surface area is 257 Å². The number of rotatable bonds is 9. The van der Waals surface area contributed by atoms with Gasteiger partial charge in [-0.05, 0) is 43.7 Å². The minimum Gasteiger partial charge on any atom is -0.471 e. The lowest BCUT2D eigenvalue weighted by atomic mass is 10.1. The molecule has 0 aliphatic carbocycles. The maximum atomic E-state index is 14.9. The highest BCUT2D eigenvalue weighted by atomic mass is 19.1. The summed E-state index contributed by atoms with van der Waals surface area (Å²) in [6, 6.07) is 11.6. The van der Waals surface area contributed by atoms with Gasteiger partial charge in [-0.15, -0.1) is 0 Å². The molecule has 0 radical (unpaired) electrons. The van der Waals surface area contributed by atoms with Gasteiger partial charge in [0.15, 0.2) is 17.5 Å². The lowest BCUT2D eigenvalue weighted by molar-refractivity contribution is -0.0594. The van der Waals surface area contributed by atoms with Gasteiger partial charge in [0.2, 0.25) is 0 Å². The molecule has 2 aromatic heterocycles. The SMILES string of the molecule is COC(=O)c1ccc2nc([C@H](C)N3CCN(c4nc(OCc5ccc(C#N)cc5F)c(F)cc4F)CC3)n(C[C@@H]3CCO3)c2c1. The summed E-state index contributed by atoms with van der Waals surface area (Å²) in [6.07, 6.45) is 0.997. The van der Waals surface area contributed by atoms with Crippen LogP contribution in [-0.4, -0.2) is 71.4 Å². The Kier molecular flexibility index (Phi) is 8.60. The first-order valence-corrected chi connectivity index (χ1v) is 14.6. The van der Waals surface area contributed by atoms with Crippen molar-refractivity contribution in [3.05, 3.63) is 82.4 Å². The van der Waals surface area contributed by atoms with Crippen molar-refractivity contribution in [2.75, 3.05) is 44.8 Å². The van der Waals surface area contributed by atoms with E-state index in [1.165, 1.54) is 19.2 Å². The fraction of sp³-hybridized carbons (Fsp3) is 0.375. The summed E-state index contributed by atoms with van der Waals surface area (Å²) < 4.78 is 62.0. The summed E-state index contributed by atoms with van der Waals surface area (Å²) in [5.41, 5.74) is 2.27. The molecule has 0 N–H and O–H groups in total. The zero-order valence-electron chi connectivity index (χ0n) is 24.8. The van der Waals surface area contributed by atoms with E-state index < -0.39 is 29.3 Å². The summed E-state index contributed by atoms with van der Waals surface area (Å²) in [7, 11) is 1.35. The van der Waals surface area contributed by atoms with E-state index in [9.17, 15) is 18.0 Å². The Morgan fingerprint density at radius 3 is 2.51 bits per heavy atom. The number of nitriles is 1. The number of imidazole rings is 1. The van der Waals surface area contributed by atoms with Gasteiger partial charge >= 0.3 is 5.97 Å². The minimum atomic E-state index is -0.998. The number of hydrogen-bond donors (Lipinski definition) is 0. The molecule has 0 unspecified atom stereocenters. The normalized spacial score (nSPS) is 17.5. The van der Waals surface area contributed by atoms with Crippen LogP contribution in [0.4, 0.5) is 19.0 Å². The highest BCUT2D eigenvalue weighted by Gasteiger charge is 2.30. The highest BCUT2D eigenvalue weighted by Crippen LogP contribution is 2.31. The van der Waals surface area contributed by atoms with Gasteiger partial charge in [0.1, 0.15) is 18.2 Å². The van der Waals surface area contributed by atoms with Gasteiger partial charge in [0.05, 0.1) is 54.0 Å². The van der Waals surface area contributed by atoms with E-state index >= 15 is 0 Å². The second-order valence-electron chi connectivity index (χ2n) is 11.0. The number of nitrogens with zero attached hydrogens (tertiary/aromatic N) is 6. The van der Waals surface area contributed by atoms with Gasteiger partial charge < -0.3 is 23.7 Å². The Bertz CT molecular complexity index is 1780. The second-order valence-corrected chi connectivity index (χ2v) is 11.0. The van der Waals surface area contributed by atoms with Crippen LogP contribution in [0.25, 0.3) is 11.0 Å². The summed E-state index contributed by atoms with van der Waals surface area (Å²) in [5, 5.41) is 8.93. The van der Waals surface area contributed by atoms with Gasteiger partial charge in [-0.3, -0.25) is 4.90 Å². The third kappa shape index (κ3) is 6.16. The van der Waals surface area contributed by atoms with Crippen molar-refractivity contribution in [1.82, 2.24) is 19.4 Å². The first-order chi connectivity index (χ1) is 21.7. The van der Waals surface area contributed by atoms with Crippen LogP contribution in [-0.2, 0) is 22.6 Å². The molecule has 45 heavy (non-hydrogen) atoms. The molecule has 4 heterocycles. The molecule has 2 fully saturated rings. The van der Waals surface area contributed by atoms with E-state index in [1.807, 2.05) is 12.1 Å². The molecule has 2 atom stereocenters. The molecule has 6 rings (SSSR count). The van der Waals surface area contributed by atoms with Crippen LogP contribution in [0, 0.1) is 28.8 Å². The van der Waals surface area contributed by atoms with E-state index in [0.29, 0.717) is 44.9 Å². The molecule has 10 nitrogen and oxygen atoms in total. The molecule has 0 spiro atoms. The number of pyridine rings is 1. The molecule has 0 saturated carbocycles. The van der Waals surface area contributed by atoms with Crippen LogP contribution in [0.5, 0.6) is 5.88 Å². The number of aromatic nitrogens is 3. The number of fused-ring (bicyclic) bond motifs is 1. The van der Waals surface area contributed by atoms with Crippen molar-refractivity contribution < 1.29 is 32.2 Å². The van der Waals surface area contributed by atoms with Crippen molar-refractivity contribution in [3.63, 3.8) is 0 Å². The Morgan fingerprint density at radius 2 is 1.84 bits per heavy atom. The molecule has 2 aliphatic rings. The number of halogens is 3. The maximum Gasteiger partial charge on any atom is 0.337 e. The van der Waals surface area contributed by atoms with Crippen LogP contribution in [0.15, 0.2) is 42.5 Å². The van der Waals surface area contributed by atoms with Gasteiger partial charge in [-0.1, -0.05) is 6.07 Å². The monoisotopic (exact) mass is 620 g/mol. The molecule has 2 aliphatic heterocycles. The summed E-state index contributed by atoms with van der Waals surface area (Å²) in [4.78, 5) is 25.2. The first-order valence-electron chi connectivity index (χ1n) is 14.6. The maximum absolute atomic E-state index is 14.9. The zero-order chi connectivity index (χ0) is 31.7. The highest BCUT2D eigenvalue weighted by molar-refractivity contribution is 5.93. The number of carbonyl (C=O) groups excluding carboxylic acids is 1. The third-order valence-electron chi connectivity index (χ3n) is 8.34. The largest absolute Gasteiger partial charge is 0.471 e. The second kappa shape index (κ2) is 12.7. The zero-order valence-corrected chi connectivity index (χ0v) is 24.8. The molecule has 2 aromatic carbocycles. The number of esters is 1. The van der Waals surface area contributed by atoms with Gasteiger partial charge in [-0.25, -0.2) is 22.9 Å². The van der Waals surface area contributed by atoms with Gasteiger partial charge in [0, 0.05) is 44.4 Å². The lowest BCUT2D eigenvalue weighted by Crippen LogP contribution is -2.48. The van der Waals surface area contributed by atoms with Gasteiger partial charge in [0.25, 0.3) is 5.88 Å². The molecule has 2 saturated heterocycles. The number of ether oxygens (including phenoxy) is 3. The van der Waals surface area contributed by atoms with Crippen LogP contribution in [0.2, 0.25) is 0 Å². The quantitative estimate of drug-likeness (QED) is 0.245. The van der Waals surface area contributed by atoms with E-state index in [0.717, 1.165) is 35.4 Å². The van der Waals surface area contributed by atoms with Crippen LogP contribution < -0.4 is 9.64 Å². The van der Waals surface area contributed by atoms with Gasteiger partial charge in [-0.2, -0.15) is 10.2 Å². The van der Waals surface area contributed by atoms with Crippen molar-refractivity contribution >= 4 is 22.8 Å². The molecule has 0 amide bonds. The van der Waals surface area contributed by atoms with Crippen molar-refractivity contribution in [2.24, 2.45) is 0 Å². The van der Waals surface area contributed by atoms with E-state index in [-0.39, 0.29) is 35.7 Å². The van der Waals surface area contributed by atoms with Crippen molar-refractivity contribution in [3.8, 4) is 11.9 Å². The third-order valence-corrected chi connectivity index (χ3v) is 8.34. The minimum absolute atomic E-state index is 0.0521. The number of piperazine rings is 1. The summed E-state index contributed by atoms with van der Waals surface area (Å²) >= 11 is 0. The average molecular weight is 621 g/mol. The number of hydrogen-bond acceptors (Lipinski definition) is 9. The van der Waals surface area contributed by atoms with E-state index in [4.69, 9.17) is 24.5 Å². The molecular formula is C32H31F3N6O4. The molecule has 234 valence electrons. The van der Waals surface area contributed by atoms with Crippen LogP contribution >= 0.6 is 0 Å². The lowest BCUT2D eigenvalue weighted by Gasteiger charge is -2.38. The predicted molar refractivity (Wildman–Crippen MR) is 157 cm³/mol. The molecular weight excluding hydrogens is 589 g/mol. The fourth-order valence-corrected chi connectivity index (χ4v) is 5.66. The topological polar surface area (TPSA) is 106 Å². The number of methoxy groups -OCH3 is 1. The predicted octanol–water partition coefficient (Wildman–Crippen LogP) is 4.76. The average Bonchev–Trinajstić information content (AvgIpc) is 3.39. The number of benzene rings is 2. The molecule has 13 heteroatoms. The fourth-order valence-electron chi connectivity index (χ4n) is 5.66. The smallest absolute Gasteiger partial charge is 0.337 e. The standard InChI is InChI=1S/C32H31F3N6O4/c1-19(29-37-27-6-5-21(32(42)43-2)14-28(27)41(29)17-23-7-12-44-23)39-8-10-40(11-9-39)30-25(34)15-26(35)31(38-30)45-18-22-4-3-20(16-36)13-24(22)33/h3-6,13-15,19,23H,7-12,17-18H2,1-2H3/t19-,23-/m0/s1. The summed E-state index contributed by atoms with van der Waals surface area (Å²) in [5.74, 6) is -2.58. The van der Waals surface area contributed by atoms with E-state index in [1.54, 1.807) is 17.0 Å². The van der Waals surface area contributed by atoms with Crippen molar-refractivity contribution in [2.45, 2.75) is 38.6 Å². The molecule has 0 bridgehead atoms. The van der Waals surface area contributed by atoms with Crippen molar-refractivity contribution in [1.29, 1.82) is 5.26 Å². The van der Waals surface area contributed by atoms with E-state index in [2.05, 4.69) is 21.4 Å². The number of carbonyl (C=O) groups is 1. The first kappa shape index (κ1) is 30.4. The summed E-state index contributed by atoms with van der Waals surface area (Å²) in [6.45, 7) is 4.92.